The number of nitrogens with zero attached hydrogens (tertiary/aromatic N) is 4. The van der Waals surface area contributed by atoms with Crippen LogP contribution in [0.3, 0.4) is 0 Å². The number of benzene rings is 1. The lowest BCUT2D eigenvalue weighted by atomic mass is 10.0. The minimum atomic E-state index is -0.796. The molecule has 0 N–H and O–H groups in total. The van der Waals surface area contributed by atoms with Gasteiger partial charge in [-0.2, -0.15) is 5.10 Å². The highest BCUT2D eigenvalue weighted by Gasteiger charge is 2.36. The van der Waals surface area contributed by atoms with Crippen molar-refractivity contribution in [2.75, 3.05) is 26.2 Å². The second-order valence-corrected chi connectivity index (χ2v) is 7.81. The number of piperazine rings is 1. The first-order chi connectivity index (χ1) is 12.3. The van der Waals surface area contributed by atoms with Crippen LogP contribution < -0.4 is 0 Å². The maximum Gasteiger partial charge on any atom is 0.250 e. The van der Waals surface area contributed by atoms with E-state index in [0.717, 1.165) is 18.7 Å². The number of aromatic nitrogens is 2. The lowest BCUT2D eigenvalue weighted by Gasteiger charge is -2.38. The third-order valence-corrected chi connectivity index (χ3v) is 5.26. The summed E-state index contributed by atoms with van der Waals surface area (Å²) in [6, 6.07) is 4.45. The maximum atomic E-state index is 13.2. The Morgan fingerprint density at radius 3 is 2.50 bits per heavy atom. The minimum Gasteiger partial charge on any atom is -0.338 e. The minimum absolute atomic E-state index is 0.0109. The van der Waals surface area contributed by atoms with Crippen LogP contribution in [0.5, 0.6) is 0 Å². The largest absolute Gasteiger partial charge is 0.338 e. The van der Waals surface area contributed by atoms with Crippen molar-refractivity contribution in [3.8, 4) is 0 Å². The third kappa shape index (κ3) is 4.03. The SMILES string of the molecule is CC(C)(C(=O)N1CCN(Cc2ccc(F)cc2Cl)CC1)n1cc(Cl)cn1. The molecule has 0 spiro atoms. The van der Waals surface area contributed by atoms with E-state index >= 15 is 0 Å². The molecule has 0 aliphatic carbocycles. The van der Waals surface area contributed by atoms with Gasteiger partial charge in [-0.1, -0.05) is 29.3 Å². The summed E-state index contributed by atoms with van der Waals surface area (Å²) in [6.45, 7) is 7.02. The van der Waals surface area contributed by atoms with Crippen molar-refractivity contribution < 1.29 is 9.18 Å². The first-order valence-corrected chi connectivity index (χ1v) is 9.19. The second-order valence-electron chi connectivity index (χ2n) is 6.97. The van der Waals surface area contributed by atoms with E-state index in [0.29, 0.717) is 29.7 Å². The third-order valence-electron chi connectivity index (χ3n) is 4.72. The molecule has 1 aromatic carbocycles. The zero-order valence-corrected chi connectivity index (χ0v) is 16.3. The Morgan fingerprint density at radius 1 is 1.23 bits per heavy atom. The topological polar surface area (TPSA) is 41.4 Å². The smallest absolute Gasteiger partial charge is 0.250 e. The monoisotopic (exact) mass is 398 g/mol. The van der Waals surface area contributed by atoms with Gasteiger partial charge in [-0.3, -0.25) is 14.4 Å². The Morgan fingerprint density at radius 2 is 1.92 bits per heavy atom. The zero-order chi connectivity index (χ0) is 18.9. The standard InChI is InChI=1S/C18H21Cl2FN4O/c1-18(2,25-12-14(19)10-22-25)17(26)24-7-5-23(6-8-24)11-13-3-4-15(21)9-16(13)20/h3-4,9-10,12H,5-8,11H2,1-2H3. The molecule has 0 radical (unpaired) electrons. The van der Waals surface area contributed by atoms with Gasteiger partial charge in [-0.25, -0.2) is 4.39 Å². The number of carbonyl (C=O) groups excluding carboxylic acids is 1. The van der Waals surface area contributed by atoms with Crippen molar-refractivity contribution >= 4 is 29.1 Å². The van der Waals surface area contributed by atoms with Crippen molar-refractivity contribution in [2.24, 2.45) is 0 Å². The molecular formula is C18H21Cl2FN4O. The van der Waals surface area contributed by atoms with E-state index in [2.05, 4.69) is 10.00 Å². The molecule has 26 heavy (non-hydrogen) atoms. The first-order valence-electron chi connectivity index (χ1n) is 8.43. The van der Waals surface area contributed by atoms with E-state index in [1.54, 1.807) is 16.9 Å². The number of rotatable bonds is 4. The molecule has 140 valence electrons. The van der Waals surface area contributed by atoms with Crippen molar-refractivity contribution in [3.63, 3.8) is 0 Å². The molecule has 1 aliphatic rings. The van der Waals surface area contributed by atoms with Gasteiger partial charge in [0.25, 0.3) is 0 Å². The van der Waals surface area contributed by atoms with Gasteiger partial charge < -0.3 is 4.90 Å². The summed E-state index contributed by atoms with van der Waals surface area (Å²) in [5, 5.41) is 5.11. The summed E-state index contributed by atoms with van der Waals surface area (Å²) >= 11 is 12.0. The van der Waals surface area contributed by atoms with Gasteiger partial charge in [0.2, 0.25) is 5.91 Å². The lowest BCUT2D eigenvalue weighted by Crippen LogP contribution is -2.54. The average Bonchev–Trinajstić information content (AvgIpc) is 3.05. The van der Waals surface area contributed by atoms with Crippen LogP contribution in [0.15, 0.2) is 30.6 Å². The quantitative estimate of drug-likeness (QED) is 0.792. The number of carbonyl (C=O) groups is 1. The molecule has 5 nitrogen and oxygen atoms in total. The van der Waals surface area contributed by atoms with E-state index in [1.165, 1.54) is 18.3 Å². The van der Waals surface area contributed by atoms with Gasteiger partial charge in [-0.15, -0.1) is 0 Å². The number of halogens is 3. The van der Waals surface area contributed by atoms with Crippen molar-refractivity contribution in [3.05, 3.63) is 52.0 Å². The van der Waals surface area contributed by atoms with Crippen LogP contribution in [0.2, 0.25) is 10.0 Å². The molecule has 0 saturated carbocycles. The molecular weight excluding hydrogens is 378 g/mol. The molecule has 1 fully saturated rings. The van der Waals surface area contributed by atoms with Crippen LogP contribution in [-0.2, 0) is 16.9 Å². The summed E-state index contributed by atoms with van der Waals surface area (Å²) in [6.07, 6.45) is 3.19. The predicted octanol–water partition coefficient (Wildman–Crippen LogP) is 3.41. The molecule has 0 unspecified atom stereocenters. The number of amides is 1. The fraction of sp³-hybridized carbons (Fsp3) is 0.444. The van der Waals surface area contributed by atoms with Gasteiger partial charge in [-0.05, 0) is 31.5 Å². The second kappa shape index (κ2) is 7.55. The zero-order valence-electron chi connectivity index (χ0n) is 14.8. The predicted molar refractivity (Wildman–Crippen MR) is 99.8 cm³/mol. The van der Waals surface area contributed by atoms with Gasteiger partial charge in [0.05, 0.1) is 11.2 Å². The normalized spacial score (nSPS) is 16.1. The Balaban J connectivity index is 1.60. The van der Waals surface area contributed by atoms with E-state index in [1.807, 2.05) is 18.7 Å². The van der Waals surface area contributed by atoms with Crippen LogP contribution >= 0.6 is 23.2 Å². The van der Waals surface area contributed by atoms with E-state index < -0.39 is 5.54 Å². The highest BCUT2D eigenvalue weighted by molar-refractivity contribution is 6.31. The molecule has 1 aromatic heterocycles. The van der Waals surface area contributed by atoms with Crippen LogP contribution in [0, 0.1) is 5.82 Å². The van der Waals surface area contributed by atoms with Crippen molar-refractivity contribution in [2.45, 2.75) is 25.9 Å². The fourth-order valence-electron chi connectivity index (χ4n) is 3.09. The maximum absolute atomic E-state index is 13.2. The van der Waals surface area contributed by atoms with Crippen molar-refractivity contribution in [1.29, 1.82) is 0 Å². The van der Waals surface area contributed by atoms with E-state index in [9.17, 15) is 9.18 Å². The Kier molecular flexibility index (Phi) is 5.55. The van der Waals surface area contributed by atoms with Gasteiger partial charge in [0, 0.05) is 43.9 Å². The number of hydrogen-bond acceptors (Lipinski definition) is 3. The van der Waals surface area contributed by atoms with Crippen LogP contribution in [-0.4, -0.2) is 51.7 Å². The molecule has 1 aliphatic heterocycles. The molecule has 3 rings (SSSR count). The number of hydrogen-bond donors (Lipinski definition) is 0. The summed E-state index contributed by atoms with van der Waals surface area (Å²) in [5.74, 6) is -0.327. The fourth-order valence-corrected chi connectivity index (χ4v) is 3.45. The van der Waals surface area contributed by atoms with Crippen LogP contribution in [0.25, 0.3) is 0 Å². The van der Waals surface area contributed by atoms with Gasteiger partial charge >= 0.3 is 0 Å². The van der Waals surface area contributed by atoms with E-state index in [-0.39, 0.29) is 11.7 Å². The first kappa shape index (κ1) is 19.1. The summed E-state index contributed by atoms with van der Waals surface area (Å²) in [7, 11) is 0. The Bertz CT molecular complexity index is 800. The molecule has 0 atom stereocenters. The average molecular weight is 399 g/mol. The Labute approximate surface area is 162 Å². The van der Waals surface area contributed by atoms with Gasteiger partial charge in [0.1, 0.15) is 11.4 Å². The van der Waals surface area contributed by atoms with E-state index in [4.69, 9.17) is 23.2 Å². The molecule has 0 bridgehead atoms. The molecule has 8 heteroatoms. The lowest BCUT2D eigenvalue weighted by molar-refractivity contribution is -0.141. The highest BCUT2D eigenvalue weighted by Crippen LogP contribution is 2.23. The highest BCUT2D eigenvalue weighted by atomic mass is 35.5. The molecule has 2 aromatic rings. The van der Waals surface area contributed by atoms with Gasteiger partial charge in [0.15, 0.2) is 0 Å². The Hall–Kier alpha value is -1.63. The van der Waals surface area contributed by atoms with Crippen LogP contribution in [0.4, 0.5) is 4.39 Å². The molecule has 1 saturated heterocycles. The summed E-state index contributed by atoms with van der Waals surface area (Å²) in [4.78, 5) is 17.0. The molecule has 1 amide bonds. The molecule has 2 heterocycles. The summed E-state index contributed by atoms with van der Waals surface area (Å²) < 4.78 is 14.8. The van der Waals surface area contributed by atoms with Crippen LogP contribution in [0.1, 0.15) is 19.4 Å². The van der Waals surface area contributed by atoms with Crippen molar-refractivity contribution in [1.82, 2.24) is 19.6 Å². The summed E-state index contributed by atoms with van der Waals surface area (Å²) in [5.41, 5.74) is 0.0922.